The summed E-state index contributed by atoms with van der Waals surface area (Å²) in [5.74, 6) is 1.27. The summed E-state index contributed by atoms with van der Waals surface area (Å²) in [5.41, 5.74) is 1.42. The maximum Gasteiger partial charge on any atom is 0.254 e. The lowest BCUT2D eigenvalue weighted by molar-refractivity contribution is 0.0766. The zero-order valence-corrected chi connectivity index (χ0v) is 14.6. The third-order valence-corrected chi connectivity index (χ3v) is 4.55. The lowest BCUT2D eigenvalue weighted by Crippen LogP contribution is -2.35. The van der Waals surface area contributed by atoms with Gasteiger partial charge in [0.1, 0.15) is 0 Å². The molecule has 0 spiro atoms. The van der Waals surface area contributed by atoms with Crippen LogP contribution in [0.1, 0.15) is 16.8 Å². The van der Waals surface area contributed by atoms with Gasteiger partial charge in [-0.15, -0.1) is 10.2 Å². The number of methoxy groups -OCH3 is 1. The van der Waals surface area contributed by atoms with Crippen molar-refractivity contribution < 1.29 is 9.53 Å². The van der Waals surface area contributed by atoms with Crippen LogP contribution in [0.2, 0.25) is 0 Å². The number of carbonyl (C=O) groups is 1. The molecule has 8 nitrogen and oxygen atoms in total. The molecule has 134 valence electrons. The molecule has 0 saturated carbocycles. The Kier molecular flexibility index (Phi) is 4.39. The van der Waals surface area contributed by atoms with Crippen molar-refractivity contribution in [3.05, 3.63) is 48.3 Å². The van der Waals surface area contributed by atoms with Gasteiger partial charge in [-0.1, -0.05) is 6.07 Å². The van der Waals surface area contributed by atoms with Gasteiger partial charge in [-0.2, -0.15) is 0 Å². The Bertz CT molecular complexity index is 925. The van der Waals surface area contributed by atoms with E-state index in [2.05, 4.69) is 20.1 Å². The van der Waals surface area contributed by atoms with E-state index in [4.69, 9.17) is 4.74 Å². The van der Waals surface area contributed by atoms with Gasteiger partial charge in [0.2, 0.25) is 11.8 Å². The number of carbonyl (C=O) groups excluding carboxylic acids is 1. The third kappa shape index (κ3) is 3.05. The smallest absolute Gasteiger partial charge is 0.254 e. The molecule has 1 fully saturated rings. The Morgan fingerprint density at radius 2 is 2.04 bits per heavy atom. The van der Waals surface area contributed by atoms with Crippen molar-refractivity contribution in [2.24, 2.45) is 0 Å². The van der Waals surface area contributed by atoms with Crippen LogP contribution >= 0.6 is 0 Å². The molecule has 26 heavy (non-hydrogen) atoms. The Balaban J connectivity index is 1.50. The fourth-order valence-electron chi connectivity index (χ4n) is 3.20. The summed E-state index contributed by atoms with van der Waals surface area (Å²) in [6.07, 6.45) is 4.43. The first-order valence-corrected chi connectivity index (χ1v) is 8.60. The molecule has 0 radical (unpaired) electrons. The number of hydrogen-bond donors (Lipinski definition) is 0. The van der Waals surface area contributed by atoms with Gasteiger partial charge in [0.05, 0.1) is 7.11 Å². The fourth-order valence-corrected chi connectivity index (χ4v) is 3.20. The molecule has 0 bridgehead atoms. The van der Waals surface area contributed by atoms with Crippen LogP contribution in [0.25, 0.3) is 5.65 Å². The predicted octanol–water partition coefficient (Wildman–Crippen LogP) is 1.49. The molecule has 3 aromatic rings. The molecule has 1 aliphatic heterocycles. The Morgan fingerprint density at radius 3 is 2.92 bits per heavy atom. The molecule has 1 aliphatic rings. The van der Waals surface area contributed by atoms with Crippen LogP contribution in [0.3, 0.4) is 0 Å². The van der Waals surface area contributed by atoms with Gasteiger partial charge in [-0.3, -0.25) is 9.20 Å². The van der Waals surface area contributed by atoms with Crippen LogP contribution < -0.4 is 9.64 Å². The van der Waals surface area contributed by atoms with Gasteiger partial charge in [0.25, 0.3) is 5.91 Å². The highest BCUT2D eigenvalue weighted by Crippen LogP contribution is 2.17. The molecule has 8 heteroatoms. The van der Waals surface area contributed by atoms with E-state index in [0.717, 1.165) is 24.6 Å². The van der Waals surface area contributed by atoms with Gasteiger partial charge in [0, 0.05) is 50.2 Å². The number of nitrogens with zero attached hydrogens (tertiary/aromatic N) is 6. The van der Waals surface area contributed by atoms with E-state index in [1.807, 2.05) is 33.7 Å². The molecular formula is C18H20N6O2. The molecular weight excluding hydrogens is 332 g/mol. The minimum Gasteiger partial charge on any atom is -0.481 e. The molecule has 1 saturated heterocycles. The maximum atomic E-state index is 12.8. The summed E-state index contributed by atoms with van der Waals surface area (Å²) < 4.78 is 7.09. The van der Waals surface area contributed by atoms with E-state index in [-0.39, 0.29) is 5.91 Å². The van der Waals surface area contributed by atoms with Crippen LogP contribution in [0.15, 0.2) is 42.7 Å². The van der Waals surface area contributed by atoms with Crippen LogP contribution in [-0.4, -0.2) is 63.7 Å². The number of hydrogen-bond acceptors (Lipinski definition) is 6. The number of anilines is 1. The van der Waals surface area contributed by atoms with Crippen LogP contribution in [-0.2, 0) is 0 Å². The Labute approximate surface area is 151 Å². The van der Waals surface area contributed by atoms with Crippen LogP contribution in [0.5, 0.6) is 5.88 Å². The molecule has 0 aliphatic carbocycles. The van der Waals surface area contributed by atoms with Crippen molar-refractivity contribution in [1.29, 1.82) is 0 Å². The lowest BCUT2D eigenvalue weighted by Gasteiger charge is -2.22. The fraction of sp³-hybridized carbons (Fsp3) is 0.333. The standard InChI is InChI=1S/C18H20N6O2/c1-26-16-13-14(6-7-19-16)17(25)22-8-4-9-23(12-11-22)18-21-20-15-5-2-3-10-24(15)18/h2-3,5-7,10,13H,4,8-9,11-12H2,1H3. The molecule has 4 heterocycles. The number of rotatable bonds is 3. The van der Waals surface area contributed by atoms with Crippen molar-refractivity contribution in [2.45, 2.75) is 6.42 Å². The molecule has 4 rings (SSSR count). The molecule has 0 N–H and O–H groups in total. The summed E-state index contributed by atoms with van der Waals surface area (Å²) in [6.45, 7) is 2.88. The average Bonchev–Trinajstić information content (AvgIpc) is 2.97. The molecule has 1 amide bonds. The first-order chi connectivity index (χ1) is 12.8. The van der Waals surface area contributed by atoms with Gasteiger partial charge in [-0.05, 0) is 24.6 Å². The van der Waals surface area contributed by atoms with Crippen molar-refractivity contribution in [3.63, 3.8) is 0 Å². The minimum atomic E-state index is -0.00125. The highest BCUT2D eigenvalue weighted by Gasteiger charge is 2.23. The Morgan fingerprint density at radius 1 is 1.12 bits per heavy atom. The summed E-state index contributed by atoms with van der Waals surface area (Å²) in [6, 6.07) is 9.24. The minimum absolute atomic E-state index is 0.00125. The highest BCUT2D eigenvalue weighted by atomic mass is 16.5. The van der Waals surface area contributed by atoms with Crippen LogP contribution in [0, 0.1) is 0 Å². The zero-order chi connectivity index (χ0) is 17.9. The third-order valence-electron chi connectivity index (χ3n) is 4.55. The molecule has 0 unspecified atom stereocenters. The molecule has 0 atom stereocenters. The van der Waals surface area contributed by atoms with E-state index in [0.29, 0.717) is 31.1 Å². The van der Waals surface area contributed by atoms with E-state index < -0.39 is 0 Å². The van der Waals surface area contributed by atoms with Crippen molar-refractivity contribution in [1.82, 2.24) is 24.5 Å². The summed E-state index contributed by atoms with van der Waals surface area (Å²) >= 11 is 0. The van der Waals surface area contributed by atoms with Crippen molar-refractivity contribution >= 4 is 17.5 Å². The average molecular weight is 352 g/mol. The second-order valence-corrected chi connectivity index (χ2v) is 6.15. The summed E-state index contributed by atoms with van der Waals surface area (Å²) in [5, 5.41) is 8.54. The monoisotopic (exact) mass is 352 g/mol. The van der Waals surface area contributed by atoms with Gasteiger partial charge in [0.15, 0.2) is 5.65 Å². The first-order valence-electron chi connectivity index (χ1n) is 8.60. The number of amides is 1. The van der Waals surface area contributed by atoms with Crippen molar-refractivity contribution in [3.8, 4) is 5.88 Å². The quantitative estimate of drug-likeness (QED) is 0.711. The van der Waals surface area contributed by atoms with E-state index in [1.54, 1.807) is 25.4 Å². The van der Waals surface area contributed by atoms with E-state index in [1.165, 1.54) is 0 Å². The largest absolute Gasteiger partial charge is 0.481 e. The highest BCUT2D eigenvalue weighted by molar-refractivity contribution is 5.94. The predicted molar refractivity (Wildman–Crippen MR) is 96.5 cm³/mol. The lowest BCUT2D eigenvalue weighted by atomic mass is 10.2. The van der Waals surface area contributed by atoms with Crippen molar-refractivity contribution in [2.75, 3.05) is 38.2 Å². The summed E-state index contributed by atoms with van der Waals surface area (Å²) in [7, 11) is 1.54. The number of ether oxygens (including phenoxy) is 1. The second kappa shape index (κ2) is 6.99. The maximum absolute atomic E-state index is 12.8. The van der Waals surface area contributed by atoms with Gasteiger partial charge in [-0.25, -0.2) is 4.98 Å². The topological polar surface area (TPSA) is 75.9 Å². The first kappa shape index (κ1) is 16.3. The van der Waals surface area contributed by atoms with E-state index >= 15 is 0 Å². The zero-order valence-electron chi connectivity index (χ0n) is 14.6. The van der Waals surface area contributed by atoms with E-state index in [9.17, 15) is 4.79 Å². The number of fused-ring (bicyclic) bond motifs is 1. The second-order valence-electron chi connectivity index (χ2n) is 6.15. The molecule has 0 aromatic carbocycles. The Hall–Kier alpha value is -3.16. The summed E-state index contributed by atoms with van der Waals surface area (Å²) in [4.78, 5) is 20.9. The molecule has 3 aromatic heterocycles. The SMILES string of the molecule is COc1cc(C(=O)N2CCCN(c3nnc4ccccn34)CC2)ccn1. The van der Waals surface area contributed by atoms with Crippen LogP contribution in [0.4, 0.5) is 5.95 Å². The normalized spacial score (nSPS) is 15.1. The number of pyridine rings is 2. The number of aromatic nitrogens is 4. The van der Waals surface area contributed by atoms with Gasteiger partial charge < -0.3 is 14.5 Å². The van der Waals surface area contributed by atoms with Gasteiger partial charge >= 0.3 is 0 Å².